The molecule has 0 saturated carbocycles. The van der Waals surface area contributed by atoms with E-state index in [2.05, 4.69) is 20.2 Å². The van der Waals surface area contributed by atoms with Crippen LogP contribution in [-0.4, -0.2) is 26.7 Å². The fourth-order valence-corrected chi connectivity index (χ4v) is 2.58. The second kappa shape index (κ2) is 5.14. The van der Waals surface area contributed by atoms with Crippen LogP contribution in [0, 0.1) is 0 Å². The van der Waals surface area contributed by atoms with Gasteiger partial charge < -0.3 is 9.05 Å². The van der Waals surface area contributed by atoms with Crippen molar-refractivity contribution in [2.24, 2.45) is 0 Å². The van der Waals surface area contributed by atoms with Crippen LogP contribution in [0.25, 0.3) is 11.4 Å². The maximum absolute atomic E-state index is 5.42. The molecule has 4 heterocycles. The number of hydrogen-bond acceptors (Lipinski definition) is 6. The Morgan fingerprint density at radius 2 is 2.19 bits per heavy atom. The molecule has 0 N–H and O–H groups in total. The van der Waals surface area contributed by atoms with Gasteiger partial charge in [-0.15, -0.1) is 0 Å². The van der Waals surface area contributed by atoms with Crippen LogP contribution in [0.15, 0.2) is 45.8 Å². The average molecular weight is 282 g/mol. The zero-order valence-electron chi connectivity index (χ0n) is 11.4. The van der Waals surface area contributed by atoms with Crippen molar-refractivity contribution < 1.29 is 9.05 Å². The molecule has 0 fully saturated rings. The summed E-state index contributed by atoms with van der Waals surface area (Å²) in [6.07, 6.45) is 4.38. The monoisotopic (exact) mass is 282 g/mol. The maximum Gasteiger partial charge on any atom is 0.151 e. The Labute approximate surface area is 121 Å². The molecule has 0 amide bonds. The summed E-state index contributed by atoms with van der Waals surface area (Å²) < 4.78 is 10.4. The van der Waals surface area contributed by atoms with Gasteiger partial charge in [0.15, 0.2) is 5.76 Å². The van der Waals surface area contributed by atoms with Crippen LogP contribution in [0.4, 0.5) is 0 Å². The minimum Gasteiger partial charge on any atom is -0.364 e. The van der Waals surface area contributed by atoms with Crippen LogP contribution in [0.2, 0.25) is 0 Å². The quantitative estimate of drug-likeness (QED) is 0.734. The van der Waals surface area contributed by atoms with Crippen molar-refractivity contribution in [2.75, 3.05) is 6.54 Å². The third-order valence-corrected chi connectivity index (χ3v) is 3.65. The minimum absolute atomic E-state index is 0.727. The maximum atomic E-state index is 5.42. The summed E-state index contributed by atoms with van der Waals surface area (Å²) in [6, 6.07) is 7.70. The lowest BCUT2D eigenvalue weighted by Crippen LogP contribution is -2.29. The van der Waals surface area contributed by atoms with Crippen molar-refractivity contribution in [3.8, 4) is 11.4 Å². The molecule has 21 heavy (non-hydrogen) atoms. The molecule has 0 spiro atoms. The first-order valence-electron chi connectivity index (χ1n) is 6.90. The first-order chi connectivity index (χ1) is 10.4. The van der Waals surface area contributed by atoms with E-state index >= 15 is 0 Å². The smallest absolute Gasteiger partial charge is 0.151 e. The van der Waals surface area contributed by atoms with Gasteiger partial charge in [-0.2, -0.15) is 0 Å². The number of rotatable bonds is 3. The number of pyridine rings is 1. The molecule has 0 radical (unpaired) electrons. The standard InChI is InChI=1S/C15H14N4O2/c1-2-5-16-14(3-1)15-7-12(21-18-15)9-19-6-4-13-11(8-19)10-20-17-13/h1-3,5,7,10H,4,6,8-9H2. The first-order valence-corrected chi connectivity index (χ1v) is 6.90. The molecule has 106 valence electrons. The topological polar surface area (TPSA) is 68.2 Å². The summed E-state index contributed by atoms with van der Waals surface area (Å²) in [7, 11) is 0. The van der Waals surface area contributed by atoms with Gasteiger partial charge in [0.05, 0.1) is 17.9 Å². The van der Waals surface area contributed by atoms with E-state index in [1.54, 1.807) is 12.5 Å². The molecule has 0 aliphatic carbocycles. The number of aromatic nitrogens is 3. The Morgan fingerprint density at radius 1 is 1.19 bits per heavy atom. The molecule has 3 aromatic rings. The highest BCUT2D eigenvalue weighted by atomic mass is 16.5. The van der Waals surface area contributed by atoms with E-state index in [9.17, 15) is 0 Å². The van der Waals surface area contributed by atoms with Crippen molar-refractivity contribution in [1.29, 1.82) is 0 Å². The molecule has 0 unspecified atom stereocenters. The second-order valence-electron chi connectivity index (χ2n) is 5.14. The van der Waals surface area contributed by atoms with Crippen LogP contribution in [-0.2, 0) is 19.5 Å². The van der Waals surface area contributed by atoms with E-state index in [0.29, 0.717) is 0 Å². The molecule has 0 atom stereocenters. The van der Waals surface area contributed by atoms with Crippen molar-refractivity contribution in [1.82, 2.24) is 20.2 Å². The van der Waals surface area contributed by atoms with Crippen molar-refractivity contribution in [3.63, 3.8) is 0 Å². The molecule has 1 aliphatic rings. The summed E-state index contributed by atoms with van der Waals surface area (Å²) in [5.41, 5.74) is 3.82. The van der Waals surface area contributed by atoms with Crippen LogP contribution < -0.4 is 0 Å². The van der Waals surface area contributed by atoms with Gasteiger partial charge in [-0.05, 0) is 12.1 Å². The second-order valence-corrected chi connectivity index (χ2v) is 5.14. The molecule has 4 rings (SSSR count). The van der Waals surface area contributed by atoms with E-state index in [1.807, 2.05) is 24.3 Å². The molecular weight excluding hydrogens is 268 g/mol. The zero-order valence-corrected chi connectivity index (χ0v) is 11.4. The van der Waals surface area contributed by atoms with Crippen LogP contribution in [0.3, 0.4) is 0 Å². The molecule has 3 aromatic heterocycles. The van der Waals surface area contributed by atoms with Gasteiger partial charge >= 0.3 is 0 Å². The predicted molar refractivity (Wildman–Crippen MR) is 74.1 cm³/mol. The fourth-order valence-electron chi connectivity index (χ4n) is 2.58. The number of fused-ring (bicyclic) bond motifs is 1. The Morgan fingerprint density at radius 3 is 3.10 bits per heavy atom. The predicted octanol–water partition coefficient (Wildman–Crippen LogP) is 2.28. The highest BCUT2D eigenvalue weighted by Crippen LogP contribution is 2.21. The van der Waals surface area contributed by atoms with E-state index < -0.39 is 0 Å². The van der Waals surface area contributed by atoms with E-state index in [4.69, 9.17) is 9.05 Å². The summed E-state index contributed by atoms with van der Waals surface area (Å²) in [6.45, 7) is 2.50. The van der Waals surface area contributed by atoms with E-state index in [-0.39, 0.29) is 0 Å². The first kappa shape index (κ1) is 12.3. The third-order valence-electron chi connectivity index (χ3n) is 3.65. The normalized spacial score (nSPS) is 15.0. The van der Waals surface area contributed by atoms with Crippen LogP contribution >= 0.6 is 0 Å². The summed E-state index contributed by atoms with van der Waals surface area (Å²) in [5, 5.41) is 8.09. The highest BCUT2D eigenvalue weighted by Gasteiger charge is 2.20. The molecular formula is C15H14N4O2. The lowest BCUT2D eigenvalue weighted by Gasteiger charge is -2.23. The van der Waals surface area contributed by atoms with Gasteiger partial charge in [0.1, 0.15) is 12.0 Å². The van der Waals surface area contributed by atoms with Gasteiger partial charge in [0.25, 0.3) is 0 Å². The highest BCUT2D eigenvalue weighted by molar-refractivity contribution is 5.52. The summed E-state index contributed by atoms with van der Waals surface area (Å²) >= 11 is 0. The van der Waals surface area contributed by atoms with E-state index in [0.717, 1.165) is 54.5 Å². The van der Waals surface area contributed by atoms with Gasteiger partial charge in [0, 0.05) is 37.3 Å². The lowest BCUT2D eigenvalue weighted by atomic mass is 10.1. The Bertz CT molecular complexity index is 735. The van der Waals surface area contributed by atoms with Crippen LogP contribution in [0.5, 0.6) is 0 Å². The third kappa shape index (κ3) is 2.45. The number of nitrogens with zero attached hydrogens (tertiary/aromatic N) is 4. The molecule has 0 bridgehead atoms. The molecule has 6 heteroatoms. The van der Waals surface area contributed by atoms with Crippen molar-refractivity contribution in [3.05, 3.63) is 53.7 Å². The Kier molecular flexibility index (Phi) is 3.01. The van der Waals surface area contributed by atoms with Crippen molar-refractivity contribution in [2.45, 2.75) is 19.5 Å². The SMILES string of the molecule is c1ccc(-c2cc(CN3CCc4nocc4C3)on2)nc1. The minimum atomic E-state index is 0.727. The molecule has 6 nitrogen and oxygen atoms in total. The molecule has 0 saturated heterocycles. The average Bonchev–Trinajstić information content (AvgIpc) is 3.17. The van der Waals surface area contributed by atoms with Gasteiger partial charge in [0.2, 0.25) is 0 Å². The summed E-state index contributed by atoms with van der Waals surface area (Å²) in [5.74, 6) is 0.843. The molecule has 0 aromatic carbocycles. The van der Waals surface area contributed by atoms with E-state index in [1.165, 1.54) is 0 Å². The van der Waals surface area contributed by atoms with Gasteiger partial charge in [-0.25, -0.2) is 0 Å². The molecule has 1 aliphatic heterocycles. The Hall–Kier alpha value is -2.47. The Balaban J connectivity index is 1.48. The largest absolute Gasteiger partial charge is 0.364 e. The van der Waals surface area contributed by atoms with Gasteiger partial charge in [-0.1, -0.05) is 16.4 Å². The summed E-state index contributed by atoms with van der Waals surface area (Å²) in [4.78, 5) is 6.57. The zero-order chi connectivity index (χ0) is 14.1. The van der Waals surface area contributed by atoms with Crippen LogP contribution in [0.1, 0.15) is 17.0 Å². The fraction of sp³-hybridized carbons (Fsp3) is 0.267. The van der Waals surface area contributed by atoms with Gasteiger partial charge in [-0.3, -0.25) is 9.88 Å². The lowest BCUT2D eigenvalue weighted by molar-refractivity contribution is 0.214. The van der Waals surface area contributed by atoms with Crippen molar-refractivity contribution >= 4 is 0 Å². The number of hydrogen-bond donors (Lipinski definition) is 0.